The second-order valence-corrected chi connectivity index (χ2v) is 3.73. The van der Waals surface area contributed by atoms with Crippen molar-refractivity contribution in [2.45, 2.75) is 28.7 Å². The second kappa shape index (κ2) is 6.12. The minimum atomic E-state index is 0. The fourth-order valence-electron chi connectivity index (χ4n) is 1.49. The van der Waals surface area contributed by atoms with Crippen LogP contribution in [-0.2, 0) is 0 Å². The molecule has 2 aromatic rings. The molecule has 0 amide bonds. The van der Waals surface area contributed by atoms with Gasteiger partial charge >= 0.3 is 0 Å². The van der Waals surface area contributed by atoms with Gasteiger partial charge in [0.25, 0.3) is 0 Å². The first-order valence-corrected chi connectivity index (χ1v) is 4.89. The Bertz CT molecular complexity index is 363. The van der Waals surface area contributed by atoms with Crippen LogP contribution in [0.2, 0.25) is 0 Å². The molecule has 0 nitrogen and oxygen atoms in total. The van der Waals surface area contributed by atoms with E-state index in [0.717, 1.165) is 0 Å². The molecule has 0 heterocycles. The summed E-state index contributed by atoms with van der Waals surface area (Å²) < 4.78 is 0. The SMILES string of the molecule is C.C.Cc1ccc(-c2ccc(C)cc2)cc1. The van der Waals surface area contributed by atoms with Crippen LogP contribution in [0.3, 0.4) is 0 Å². The highest BCUT2D eigenvalue weighted by molar-refractivity contribution is 5.63. The van der Waals surface area contributed by atoms with E-state index < -0.39 is 0 Å². The van der Waals surface area contributed by atoms with Crippen LogP contribution in [0.25, 0.3) is 11.1 Å². The highest BCUT2D eigenvalue weighted by Crippen LogP contribution is 2.19. The van der Waals surface area contributed by atoms with E-state index >= 15 is 0 Å². The maximum Gasteiger partial charge on any atom is -0.0184 e. The standard InChI is InChI=1S/C14H14.2CH4/c1-11-3-7-13(8-4-11)14-9-5-12(2)6-10-14;;/h3-10H,1-2H3;2*1H4. The normalized spacial score (nSPS) is 8.88. The maximum atomic E-state index is 2.17. The zero-order valence-electron chi connectivity index (χ0n) is 8.62. The van der Waals surface area contributed by atoms with E-state index in [-0.39, 0.29) is 14.9 Å². The average Bonchev–Trinajstić information content (AvgIpc) is 2.21. The lowest BCUT2D eigenvalue weighted by Crippen LogP contribution is -1.78. The second-order valence-electron chi connectivity index (χ2n) is 3.73. The first-order valence-electron chi connectivity index (χ1n) is 4.89. The largest absolute Gasteiger partial charge is 0.0776 e. The van der Waals surface area contributed by atoms with Gasteiger partial charge in [0.15, 0.2) is 0 Å². The quantitative estimate of drug-likeness (QED) is 0.608. The summed E-state index contributed by atoms with van der Waals surface area (Å²) >= 11 is 0. The summed E-state index contributed by atoms with van der Waals surface area (Å²) in [6, 6.07) is 17.3. The molecular formula is C16H22. The van der Waals surface area contributed by atoms with Gasteiger partial charge in [0, 0.05) is 0 Å². The Morgan fingerprint density at radius 2 is 0.750 bits per heavy atom. The molecule has 0 aliphatic heterocycles. The van der Waals surface area contributed by atoms with E-state index in [4.69, 9.17) is 0 Å². The molecule has 0 spiro atoms. The van der Waals surface area contributed by atoms with Crippen LogP contribution in [0.5, 0.6) is 0 Å². The molecule has 0 fully saturated rings. The van der Waals surface area contributed by atoms with Crippen LogP contribution in [0.1, 0.15) is 26.0 Å². The molecule has 0 saturated carbocycles. The van der Waals surface area contributed by atoms with E-state index in [0.29, 0.717) is 0 Å². The lowest BCUT2D eigenvalue weighted by atomic mass is 10.0. The number of hydrogen-bond donors (Lipinski definition) is 0. The Kier molecular flexibility index (Phi) is 5.52. The Morgan fingerprint density at radius 3 is 1.00 bits per heavy atom. The van der Waals surface area contributed by atoms with Crippen LogP contribution < -0.4 is 0 Å². The average molecular weight is 214 g/mol. The fourth-order valence-corrected chi connectivity index (χ4v) is 1.49. The van der Waals surface area contributed by atoms with Crippen molar-refractivity contribution in [1.29, 1.82) is 0 Å². The highest BCUT2D eigenvalue weighted by atomic mass is 14.0. The van der Waals surface area contributed by atoms with Crippen molar-refractivity contribution >= 4 is 0 Å². The molecular weight excluding hydrogens is 192 g/mol. The van der Waals surface area contributed by atoms with Crippen LogP contribution >= 0.6 is 0 Å². The number of hydrogen-bond acceptors (Lipinski definition) is 0. The van der Waals surface area contributed by atoms with Crippen LogP contribution in [-0.4, -0.2) is 0 Å². The lowest BCUT2D eigenvalue weighted by Gasteiger charge is -2.02. The molecule has 0 aromatic heterocycles. The van der Waals surface area contributed by atoms with E-state index in [1.54, 1.807) is 0 Å². The molecule has 0 unspecified atom stereocenters. The van der Waals surface area contributed by atoms with E-state index in [1.807, 2.05) is 0 Å². The Morgan fingerprint density at radius 1 is 0.500 bits per heavy atom. The number of aryl methyl sites for hydroxylation is 2. The highest BCUT2D eigenvalue weighted by Gasteiger charge is 1.95. The molecule has 2 aromatic carbocycles. The smallest absolute Gasteiger partial charge is 0.0184 e. The van der Waals surface area contributed by atoms with Gasteiger partial charge in [0.2, 0.25) is 0 Å². The third kappa shape index (κ3) is 3.23. The molecule has 16 heavy (non-hydrogen) atoms. The van der Waals surface area contributed by atoms with E-state index in [1.165, 1.54) is 22.3 Å². The van der Waals surface area contributed by atoms with Gasteiger partial charge in [-0.1, -0.05) is 74.5 Å². The zero-order valence-corrected chi connectivity index (χ0v) is 8.62. The van der Waals surface area contributed by atoms with Crippen molar-refractivity contribution in [3.8, 4) is 11.1 Å². The van der Waals surface area contributed by atoms with Gasteiger partial charge in [0.05, 0.1) is 0 Å². The monoisotopic (exact) mass is 214 g/mol. The topological polar surface area (TPSA) is 0 Å². The summed E-state index contributed by atoms with van der Waals surface area (Å²) in [6.45, 7) is 4.22. The maximum absolute atomic E-state index is 2.17. The Hall–Kier alpha value is -1.56. The molecule has 0 heteroatoms. The lowest BCUT2D eigenvalue weighted by molar-refractivity contribution is 1.45. The third-order valence-corrected chi connectivity index (χ3v) is 2.44. The summed E-state index contributed by atoms with van der Waals surface area (Å²) in [5.74, 6) is 0. The Balaban J connectivity index is 0.00000112. The number of benzene rings is 2. The van der Waals surface area contributed by atoms with Gasteiger partial charge in [0.1, 0.15) is 0 Å². The third-order valence-electron chi connectivity index (χ3n) is 2.44. The summed E-state index contributed by atoms with van der Waals surface area (Å²) in [4.78, 5) is 0. The summed E-state index contributed by atoms with van der Waals surface area (Å²) in [5.41, 5.74) is 5.19. The van der Waals surface area contributed by atoms with Crippen LogP contribution in [0, 0.1) is 13.8 Å². The predicted molar refractivity (Wildman–Crippen MR) is 74.8 cm³/mol. The van der Waals surface area contributed by atoms with Gasteiger partial charge < -0.3 is 0 Å². The number of rotatable bonds is 1. The van der Waals surface area contributed by atoms with Gasteiger partial charge in [-0.2, -0.15) is 0 Å². The van der Waals surface area contributed by atoms with E-state index in [2.05, 4.69) is 62.4 Å². The minimum absolute atomic E-state index is 0. The first-order chi connectivity index (χ1) is 6.75. The zero-order chi connectivity index (χ0) is 9.97. The van der Waals surface area contributed by atoms with Crippen molar-refractivity contribution in [3.05, 3.63) is 59.7 Å². The van der Waals surface area contributed by atoms with Crippen molar-refractivity contribution < 1.29 is 0 Å². The van der Waals surface area contributed by atoms with Crippen LogP contribution in [0.15, 0.2) is 48.5 Å². The van der Waals surface area contributed by atoms with Gasteiger partial charge in [-0.25, -0.2) is 0 Å². The Labute approximate surface area is 100.0 Å². The molecule has 0 N–H and O–H groups in total. The summed E-state index contributed by atoms with van der Waals surface area (Å²) in [6.07, 6.45) is 0. The molecule has 0 aliphatic rings. The van der Waals surface area contributed by atoms with Crippen molar-refractivity contribution in [2.75, 3.05) is 0 Å². The van der Waals surface area contributed by atoms with E-state index in [9.17, 15) is 0 Å². The van der Waals surface area contributed by atoms with Crippen LogP contribution in [0.4, 0.5) is 0 Å². The molecule has 0 bridgehead atoms. The molecule has 0 atom stereocenters. The van der Waals surface area contributed by atoms with Crippen molar-refractivity contribution in [3.63, 3.8) is 0 Å². The molecule has 0 aliphatic carbocycles. The molecule has 86 valence electrons. The summed E-state index contributed by atoms with van der Waals surface area (Å²) in [7, 11) is 0. The van der Waals surface area contributed by atoms with Gasteiger partial charge in [-0.3, -0.25) is 0 Å². The van der Waals surface area contributed by atoms with Gasteiger partial charge in [-0.15, -0.1) is 0 Å². The van der Waals surface area contributed by atoms with Gasteiger partial charge in [-0.05, 0) is 25.0 Å². The molecule has 0 saturated heterocycles. The minimum Gasteiger partial charge on any atom is -0.0776 e. The predicted octanol–water partition coefficient (Wildman–Crippen LogP) is 5.24. The summed E-state index contributed by atoms with van der Waals surface area (Å²) in [5, 5.41) is 0. The molecule has 0 radical (unpaired) electrons. The van der Waals surface area contributed by atoms with Crippen molar-refractivity contribution in [2.24, 2.45) is 0 Å². The molecule has 2 rings (SSSR count). The first kappa shape index (κ1) is 14.4. The van der Waals surface area contributed by atoms with Crippen molar-refractivity contribution in [1.82, 2.24) is 0 Å². The fraction of sp³-hybridized carbons (Fsp3) is 0.250.